The van der Waals surface area contributed by atoms with E-state index in [0.717, 1.165) is 37.4 Å². The average molecular weight is 344 g/mol. The average Bonchev–Trinajstić information content (AvgIpc) is 3.13. The molecule has 3 rings (SSSR count). The lowest BCUT2D eigenvalue weighted by atomic mass is 9.95. The highest BCUT2D eigenvalue weighted by atomic mass is 35.5. The summed E-state index contributed by atoms with van der Waals surface area (Å²) in [5, 5.41) is 12.7. The number of nitrogens with one attached hydrogen (secondary N) is 1. The third kappa shape index (κ3) is 3.72. The summed E-state index contributed by atoms with van der Waals surface area (Å²) in [5.74, 6) is 0.803. The maximum Gasteiger partial charge on any atom is 0.223 e. The van der Waals surface area contributed by atoms with Crippen molar-refractivity contribution in [3.63, 3.8) is 0 Å². The van der Waals surface area contributed by atoms with Crippen molar-refractivity contribution in [2.75, 3.05) is 18.0 Å². The molecule has 1 saturated heterocycles. The van der Waals surface area contributed by atoms with Crippen molar-refractivity contribution in [1.82, 2.24) is 5.32 Å². The lowest BCUT2D eigenvalue weighted by molar-refractivity contribution is -0.125. The summed E-state index contributed by atoms with van der Waals surface area (Å²) in [6.07, 6.45) is 3.12. The molecule has 1 N–H and O–H groups in total. The number of nitriles is 1. The van der Waals surface area contributed by atoms with Gasteiger partial charge in [-0.05, 0) is 43.2 Å². The first kappa shape index (κ1) is 16.4. The van der Waals surface area contributed by atoms with Crippen LogP contribution in [0.2, 0.25) is 5.02 Å². The number of hydrogen-bond donors (Lipinski definition) is 1. The Morgan fingerprint density at radius 2 is 2.17 bits per heavy atom. The number of furan rings is 1. The number of amides is 1. The minimum atomic E-state index is -0.00551. The number of halogens is 1. The Morgan fingerprint density at radius 1 is 1.38 bits per heavy atom. The molecule has 1 fully saturated rings. The highest BCUT2D eigenvalue weighted by molar-refractivity contribution is 6.30. The molecule has 0 bridgehead atoms. The highest BCUT2D eigenvalue weighted by Crippen LogP contribution is 2.28. The summed E-state index contributed by atoms with van der Waals surface area (Å²) in [7, 11) is 0. The predicted molar refractivity (Wildman–Crippen MR) is 91.7 cm³/mol. The number of hydrogen-bond acceptors (Lipinski definition) is 4. The van der Waals surface area contributed by atoms with Gasteiger partial charge in [0.15, 0.2) is 0 Å². The van der Waals surface area contributed by atoms with Gasteiger partial charge in [-0.15, -0.1) is 0 Å². The van der Waals surface area contributed by atoms with Gasteiger partial charge in [-0.1, -0.05) is 11.6 Å². The topological polar surface area (TPSA) is 69.3 Å². The van der Waals surface area contributed by atoms with E-state index in [1.165, 1.54) is 0 Å². The first-order chi connectivity index (χ1) is 11.7. The van der Waals surface area contributed by atoms with E-state index >= 15 is 0 Å². The minimum Gasteiger partial charge on any atom is -0.467 e. The summed E-state index contributed by atoms with van der Waals surface area (Å²) < 4.78 is 5.22. The highest BCUT2D eigenvalue weighted by Gasteiger charge is 2.26. The molecule has 5 nitrogen and oxygen atoms in total. The van der Waals surface area contributed by atoms with Crippen LogP contribution in [0.3, 0.4) is 0 Å². The summed E-state index contributed by atoms with van der Waals surface area (Å²) >= 11 is 5.95. The molecular weight excluding hydrogens is 326 g/mol. The van der Waals surface area contributed by atoms with E-state index in [2.05, 4.69) is 16.3 Å². The molecular formula is C18H18ClN3O2. The molecule has 24 heavy (non-hydrogen) atoms. The quantitative estimate of drug-likeness (QED) is 0.924. The molecule has 1 aromatic carbocycles. The molecule has 0 saturated carbocycles. The van der Waals surface area contributed by atoms with Gasteiger partial charge in [0, 0.05) is 24.0 Å². The van der Waals surface area contributed by atoms with Crippen LogP contribution in [0.25, 0.3) is 0 Å². The number of anilines is 1. The van der Waals surface area contributed by atoms with Crippen molar-refractivity contribution in [3.05, 3.63) is 52.9 Å². The SMILES string of the molecule is N#Cc1cc(Cl)ccc1N1CCC(C(=O)NCc2ccco2)CC1. The standard InChI is InChI=1S/C18H18ClN3O2/c19-15-3-4-17(14(10-15)11-20)22-7-5-13(6-8-22)18(23)21-12-16-2-1-9-24-16/h1-4,9-10,13H,5-8,12H2,(H,21,23). The van der Waals surface area contributed by atoms with Gasteiger partial charge < -0.3 is 14.6 Å². The minimum absolute atomic E-state index is 0.00551. The molecule has 1 aliphatic rings. The number of benzene rings is 1. The van der Waals surface area contributed by atoms with Gasteiger partial charge in [-0.25, -0.2) is 0 Å². The van der Waals surface area contributed by atoms with Crippen LogP contribution in [0.1, 0.15) is 24.2 Å². The second-order valence-corrected chi connectivity index (χ2v) is 6.27. The van der Waals surface area contributed by atoms with Gasteiger partial charge in [-0.3, -0.25) is 4.79 Å². The zero-order valence-corrected chi connectivity index (χ0v) is 13.9. The fourth-order valence-electron chi connectivity index (χ4n) is 2.99. The Balaban J connectivity index is 1.56. The smallest absolute Gasteiger partial charge is 0.223 e. The van der Waals surface area contributed by atoms with Crippen LogP contribution in [0, 0.1) is 17.2 Å². The fourth-order valence-corrected chi connectivity index (χ4v) is 3.16. The summed E-state index contributed by atoms with van der Waals surface area (Å²) in [6, 6.07) is 11.2. The Hall–Kier alpha value is -2.45. The molecule has 124 valence electrons. The van der Waals surface area contributed by atoms with Gasteiger partial charge in [0.25, 0.3) is 0 Å². The molecule has 0 atom stereocenters. The van der Waals surface area contributed by atoms with Crippen LogP contribution >= 0.6 is 11.6 Å². The molecule has 0 unspecified atom stereocenters. The molecule has 6 heteroatoms. The number of rotatable bonds is 4. The Morgan fingerprint density at radius 3 is 2.83 bits per heavy atom. The van der Waals surface area contributed by atoms with Crippen molar-refractivity contribution in [3.8, 4) is 6.07 Å². The number of carbonyl (C=O) groups excluding carboxylic acids is 1. The van der Waals surface area contributed by atoms with Crippen LogP contribution in [-0.4, -0.2) is 19.0 Å². The summed E-state index contributed by atoms with van der Waals surface area (Å²) in [4.78, 5) is 14.4. The van der Waals surface area contributed by atoms with E-state index < -0.39 is 0 Å². The van der Waals surface area contributed by atoms with Crippen LogP contribution in [0.5, 0.6) is 0 Å². The van der Waals surface area contributed by atoms with Gasteiger partial charge in [-0.2, -0.15) is 5.26 Å². The zero-order chi connectivity index (χ0) is 16.9. The lowest BCUT2D eigenvalue weighted by Gasteiger charge is -2.33. The molecule has 1 aromatic heterocycles. The normalized spacial score (nSPS) is 15.1. The van der Waals surface area contributed by atoms with Gasteiger partial charge in [0.2, 0.25) is 5.91 Å². The van der Waals surface area contributed by atoms with Crippen molar-refractivity contribution in [1.29, 1.82) is 5.26 Å². The maximum absolute atomic E-state index is 12.3. The lowest BCUT2D eigenvalue weighted by Crippen LogP contribution is -2.40. The van der Waals surface area contributed by atoms with Crippen molar-refractivity contribution < 1.29 is 9.21 Å². The largest absolute Gasteiger partial charge is 0.467 e. The zero-order valence-electron chi connectivity index (χ0n) is 13.2. The number of nitrogens with zero attached hydrogens (tertiary/aromatic N) is 2. The van der Waals surface area contributed by atoms with Gasteiger partial charge in [0.05, 0.1) is 24.1 Å². The molecule has 0 aliphatic carbocycles. The van der Waals surface area contributed by atoms with Crippen molar-refractivity contribution in [2.45, 2.75) is 19.4 Å². The molecule has 0 radical (unpaired) electrons. The van der Waals surface area contributed by atoms with Crippen LogP contribution < -0.4 is 10.2 Å². The predicted octanol–water partition coefficient (Wildman–Crippen LogP) is 3.34. The van der Waals surface area contributed by atoms with E-state index in [0.29, 0.717) is 17.1 Å². The van der Waals surface area contributed by atoms with Crippen LogP contribution in [-0.2, 0) is 11.3 Å². The maximum atomic E-state index is 12.3. The fraction of sp³-hybridized carbons (Fsp3) is 0.333. The third-order valence-electron chi connectivity index (χ3n) is 4.30. The first-order valence-electron chi connectivity index (χ1n) is 7.92. The van der Waals surface area contributed by atoms with E-state index in [4.69, 9.17) is 16.0 Å². The Labute approximate surface area is 145 Å². The van der Waals surface area contributed by atoms with Crippen molar-refractivity contribution >= 4 is 23.2 Å². The van der Waals surface area contributed by atoms with E-state index in [1.54, 1.807) is 24.5 Å². The second kappa shape index (κ2) is 7.41. The molecule has 0 spiro atoms. The third-order valence-corrected chi connectivity index (χ3v) is 4.54. The number of carbonyl (C=O) groups is 1. The van der Waals surface area contributed by atoms with E-state index in [1.807, 2.05) is 12.1 Å². The monoisotopic (exact) mass is 343 g/mol. The van der Waals surface area contributed by atoms with Gasteiger partial charge in [0.1, 0.15) is 11.8 Å². The molecule has 2 heterocycles. The van der Waals surface area contributed by atoms with Crippen LogP contribution in [0.4, 0.5) is 5.69 Å². The molecule has 1 aliphatic heterocycles. The second-order valence-electron chi connectivity index (χ2n) is 5.83. The Bertz CT molecular complexity index is 744. The number of piperidine rings is 1. The summed E-state index contributed by atoms with van der Waals surface area (Å²) in [6.45, 7) is 1.91. The van der Waals surface area contributed by atoms with Crippen molar-refractivity contribution in [2.24, 2.45) is 5.92 Å². The van der Waals surface area contributed by atoms with E-state index in [-0.39, 0.29) is 11.8 Å². The van der Waals surface area contributed by atoms with E-state index in [9.17, 15) is 10.1 Å². The Kier molecular flexibility index (Phi) is 5.07. The van der Waals surface area contributed by atoms with Gasteiger partial charge >= 0.3 is 0 Å². The first-order valence-corrected chi connectivity index (χ1v) is 8.30. The molecule has 1 amide bonds. The summed E-state index contributed by atoms with van der Waals surface area (Å²) in [5.41, 5.74) is 1.46. The van der Waals surface area contributed by atoms with Crippen LogP contribution in [0.15, 0.2) is 41.0 Å². The molecule has 2 aromatic rings.